The number of benzene rings is 2. The van der Waals surface area contributed by atoms with Crippen molar-refractivity contribution in [2.45, 2.75) is 0 Å². The van der Waals surface area contributed by atoms with Gasteiger partial charge in [0.15, 0.2) is 5.78 Å². The van der Waals surface area contributed by atoms with E-state index in [2.05, 4.69) is 12.1 Å². The van der Waals surface area contributed by atoms with Crippen molar-refractivity contribution >= 4 is 23.2 Å². The van der Waals surface area contributed by atoms with E-state index in [0.29, 0.717) is 5.56 Å². The molecule has 2 heteroatoms. The van der Waals surface area contributed by atoms with E-state index >= 15 is 0 Å². The van der Waals surface area contributed by atoms with Crippen LogP contribution in [-0.2, 0) is 0 Å². The van der Waals surface area contributed by atoms with E-state index in [1.54, 1.807) is 23.5 Å². The Labute approximate surface area is 140 Å². The second-order valence-electron chi connectivity index (χ2n) is 5.04. The van der Waals surface area contributed by atoms with Gasteiger partial charge in [0.25, 0.3) is 0 Å². The second kappa shape index (κ2) is 7.52. The van der Waals surface area contributed by atoms with Crippen molar-refractivity contribution in [1.29, 1.82) is 0 Å². The second-order valence-corrected chi connectivity index (χ2v) is 6.02. The van der Waals surface area contributed by atoms with Gasteiger partial charge in [-0.2, -0.15) is 0 Å². The molecule has 23 heavy (non-hydrogen) atoms. The Morgan fingerprint density at radius 3 is 2.22 bits per heavy atom. The molecule has 0 amide bonds. The average molecular weight is 316 g/mol. The van der Waals surface area contributed by atoms with Crippen molar-refractivity contribution < 1.29 is 4.79 Å². The van der Waals surface area contributed by atoms with E-state index in [4.69, 9.17) is 0 Å². The van der Waals surface area contributed by atoms with Crippen LogP contribution in [0.4, 0.5) is 0 Å². The van der Waals surface area contributed by atoms with Gasteiger partial charge >= 0.3 is 0 Å². The van der Waals surface area contributed by atoms with Crippen molar-refractivity contribution in [1.82, 2.24) is 0 Å². The Kier molecular flexibility index (Phi) is 4.97. The number of hydrogen-bond acceptors (Lipinski definition) is 2. The molecule has 1 nitrogen and oxygen atoms in total. The minimum atomic E-state index is 0.0143. The van der Waals surface area contributed by atoms with Crippen LogP contribution in [0.15, 0.2) is 90.3 Å². The van der Waals surface area contributed by atoms with E-state index < -0.39 is 0 Å². The van der Waals surface area contributed by atoms with Crippen molar-refractivity contribution in [2.24, 2.45) is 0 Å². The lowest BCUT2D eigenvalue weighted by Crippen LogP contribution is -1.93. The smallest absolute Gasteiger partial charge is 0.185 e. The van der Waals surface area contributed by atoms with Gasteiger partial charge in [0, 0.05) is 10.4 Å². The average Bonchev–Trinajstić information content (AvgIpc) is 3.13. The molecule has 0 aliphatic heterocycles. The Morgan fingerprint density at radius 1 is 0.783 bits per heavy atom. The van der Waals surface area contributed by atoms with Gasteiger partial charge in [0.2, 0.25) is 0 Å². The number of allylic oxidation sites excluding steroid dienone is 3. The van der Waals surface area contributed by atoms with Crippen LogP contribution in [0.1, 0.15) is 15.2 Å². The third kappa shape index (κ3) is 4.15. The highest BCUT2D eigenvalue weighted by Gasteiger charge is 2.02. The molecule has 0 bridgehead atoms. The number of rotatable bonds is 5. The van der Waals surface area contributed by atoms with Crippen LogP contribution in [0.3, 0.4) is 0 Å². The van der Waals surface area contributed by atoms with Gasteiger partial charge in [-0.25, -0.2) is 0 Å². The van der Waals surface area contributed by atoms with Gasteiger partial charge in [-0.05, 0) is 34.7 Å². The summed E-state index contributed by atoms with van der Waals surface area (Å²) >= 11 is 1.67. The lowest BCUT2D eigenvalue weighted by Gasteiger charge is -2.02. The molecule has 0 fully saturated rings. The van der Waals surface area contributed by atoms with Crippen LogP contribution in [-0.4, -0.2) is 5.78 Å². The molecule has 3 rings (SSSR count). The van der Waals surface area contributed by atoms with Crippen LogP contribution >= 0.6 is 11.3 Å². The molecular formula is C21H16OS. The molecule has 1 aromatic heterocycles. The molecule has 0 radical (unpaired) electrons. The fourth-order valence-corrected chi connectivity index (χ4v) is 2.86. The number of carbonyl (C=O) groups excluding carboxylic acids is 1. The summed E-state index contributed by atoms with van der Waals surface area (Å²) in [6.45, 7) is 0. The molecule has 0 N–H and O–H groups in total. The zero-order valence-corrected chi connectivity index (χ0v) is 13.4. The molecule has 112 valence electrons. The first-order valence-electron chi connectivity index (χ1n) is 7.41. The molecule has 0 spiro atoms. The molecule has 2 aromatic carbocycles. The highest BCUT2D eigenvalue weighted by Crippen LogP contribution is 2.19. The highest BCUT2D eigenvalue weighted by molar-refractivity contribution is 7.10. The Morgan fingerprint density at radius 2 is 1.52 bits per heavy atom. The van der Waals surface area contributed by atoms with Gasteiger partial charge in [-0.15, -0.1) is 11.3 Å². The van der Waals surface area contributed by atoms with Gasteiger partial charge in [0.05, 0.1) is 0 Å². The van der Waals surface area contributed by atoms with Gasteiger partial charge in [-0.3, -0.25) is 4.79 Å². The maximum absolute atomic E-state index is 12.1. The lowest BCUT2D eigenvalue weighted by atomic mass is 10.0. The molecule has 3 aromatic rings. The first-order valence-corrected chi connectivity index (χ1v) is 8.29. The van der Waals surface area contributed by atoms with Crippen molar-refractivity contribution in [2.75, 3.05) is 0 Å². The first-order chi connectivity index (χ1) is 11.3. The minimum Gasteiger partial charge on any atom is -0.289 e. The molecular weight excluding hydrogens is 300 g/mol. The third-order valence-electron chi connectivity index (χ3n) is 3.44. The van der Waals surface area contributed by atoms with Crippen LogP contribution in [0.25, 0.3) is 17.2 Å². The first kappa shape index (κ1) is 15.2. The summed E-state index contributed by atoms with van der Waals surface area (Å²) in [4.78, 5) is 13.3. The quantitative estimate of drug-likeness (QED) is 0.327. The van der Waals surface area contributed by atoms with Crippen molar-refractivity contribution in [3.63, 3.8) is 0 Å². The van der Waals surface area contributed by atoms with E-state index in [0.717, 1.165) is 11.1 Å². The standard InChI is InChI=1S/C21H16OS/c22-21(11-5-4-9-20-10-6-16-23-20)19-14-12-18(13-15-19)17-7-2-1-3-8-17/h1-16H/b9-4+,11-5+. The van der Waals surface area contributed by atoms with E-state index in [1.807, 2.05) is 72.1 Å². The molecule has 0 atom stereocenters. The number of carbonyl (C=O) groups is 1. The number of ketones is 1. The Balaban J connectivity index is 1.66. The molecule has 0 aliphatic rings. The molecule has 0 saturated carbocycles. The summed E-state index contributed by atoms with van der Waals surface area (Å²) in [7, 11) is 0. The van der Waals surface area contributed by atoms with E-state index in [1.165, 1.54) is 4.88 Å². The maximum atomic E-state index is 12.1. The zero-order valence-electron chi connectivity index (χ0n) is 12.6. The molecule has 0 aliphatic carbocycles. The largest absolute Gasteiger partial charge is 0.289 e. The zero-order chi connectivity index (χ0) is 15.9. The molecule has 0 saturated heterocycles. The fourth-order valence-electron chi connectivity index (χ4n) is 2.23. The normalized spacial score (nSPS) is 11.3. The van der Waals surface area contributed by atoms with Crippen LogP contribution in [0.2, 0.25) is 0 Å². The predicted molar refractivity (Wildman–Crippen MR) is 98.7 cm³/mol. The van der Waals surface area contributed by atoms with E-state index in [-0.39, 0.29) is 5.78 Å². The fraction of sp³-hybridized carbons (Fsp3) is 0. The van der Waals surface area contributed by atoms with Gasteiger partial charge in [0.1, 0.15) is 0 Å². The molecule has 1 heterocycles. The van der Waals surface area contributed by atoms with Gasteiger partial charge in [-0.1, -0.05) is 72.8 Å². The van der Waals surface area contributed by atoms with Crippen molar-refractivity contribution in [3.05, 3.63) is 101 Å². The van der Waals surface area contributed by atoms with Crippen LogP contribution in [0.5, 0.6) is 0 Å². The Bertz CT molecular complexity index is 810. The van der Waals surface area contributed by atoms with Crippen molar-refractivity contribution in [3.8, 4) is 11.1 Å². The number of thiophene rings is 1. The third-order valence-corrected chi connectivity index (χ3v) is 4.28. The number of hydrogen-bond donors (Lipinski definition) is 0. The highest BCUT2D eigenvalue weighted by atomic mass is 32.1. The summed E-state index contributed by atoms with van der Waals surface area (Å²) in [5.41, 5.74) is 2.97. The van der Waals surface area contributed by atoms with Gasteiger partial charge < -0.3 is 0 Å². The summed E-state index contributed by atoms with van der Waals surface area (Å²) in [6, 6.07) is 21.9. The summed E-state index contributed by atoms with van der Waals surface area (Å²) < 4.78 is 0. The summed E-state index contributed by atoms with van der Waals surface area (Å²) in [5.74, 6) is 0.0143. The lowest BCUT2D eigenvalue weighted by molar-refractivity contribution is 0.104. The topological polar surface area (TPSA) is 17.1 Å². The molecule has 0 unspecified atom stereocenters. The minimum absolute atomic E-state index is 0.0143. The maximum Gasteiger partial charge on any atom is 0.185 e. The predicted octanol–water partition coefficient (Wildman–Crippen LogP) is 5.87. The Hall–Kier alpha value is -2.71. The summed E-state index contributed by atoms with van der Waals surface area (Å²) in [6.07, 6.45) is 7.27. The van der Waals surface area contributed by atoms with Crippen LogP contribution in [0, 0.1) is 0 Å². The SMILES string of the molecule is O=C(/C=C/C=C/c1cccs1)c1ccc(-c2ccccc2)cc1. The summed E-state index contributed by atoms with van der Waals surface area (Å²) in [5, 5.41) is 2.03. The monoisotopic (exact) mass is 316 g/mol. The van der Waals surface area contributed by atoms with E-state index in [9.17, 15) is 4.79 Å². The van der Waals surface area contributed by atoms with Crippen LogP contribution < -0.4 is 0 Å².